The van der Waals surface area contributed by atoms with Crippen molar-refractivity contribution in [3.63, 3.8) is 0 Å². The molecule has 150 valence electrons. The Bertz CT molecular complexity index is 1030. The van der Waals surface area contributed by atoms with Crippen LogP contribution in [0, 0.1) is 13.8 Å². The van der Waals surface area contributed by atoms with E-state index < -0.39 is 17.9 Å². The first-order valence-electron chi connectivity index (χ1n) is 9.00. The quantitative estimate of drug-likeness (QED) is 0.561. The zero-order valence-electron chi connectivity index (χ0n) is 16.0. The Morgan fingerprint density at radius 2 is 1.79 bits per heavy atom. The standard InChI is InChI=1S/C21H21ClN4O3/c1-13-7-9-15(10-8-13)26-19(11-14(2)25-26)24-21(29)20(28)23-12-18(27)16-5-3-4-6-17(16)22/h3-11,18,27H,12H2,1-2H3,(H,23,28)(H,24,29). The molecule has 8 heteroatoms. The van der Waals surface area contributed by atoms with Crippen LogP contribution in [0.5, 0.6) is 0 Å². The number of aliphatic hydroxyl groups excluding tert-OH is 1. The number of carbonyl (C=O) groups is 2. The first-order valence-corrected chi connectivity index (χ1v) is 9.38. The smallest absolute Gasteiger partial charge is 0.314 e. The highest BCUT2D eigenvalue weighted by Crippen LogP contribution is 2.22. The molecule has 3 N–H and O–H groups in total. The zero-order valence-corrected chi connectivity index (χ0v) is 16.8. The Balaban J connectivity index is 1.65. The van der Waals surface area contributed by atoms with Crippen LogP contribution in [0.4, 0.5) is 5.82 Å². The van der Waals surface area contributed by atoms with Crippen molar-refractivity contribution in [2.75, 3.05) is 11.9 Å². The number of rotatable bonds is 5. The van der Waals surface area contributed by atoms with Crippen molar-refractivity contribution in [1.29, 1.82) is 0 Å². The van der Waals surface area contributed by atoms with Crippen LogP contribution >= 0.6 is 11.6 Å². The Kier molecular flexibility index (Phi) is 6.31. The van der Waals surface area contributed by atoms with Crippen LogP contribution in [-0.2, 0) is 9.59 Å². The molecule has 0 spiro atoms. The maximum absolute atomic E-state index is 12.3. The van der Waals surface area contributed by atoms with Crippen LogP contribution in [-0.4, -0.2) is 33.2 Å². The molecule has 0 saturated heterocycles. The molecule has 2 amide bonds. The Hall–Kier alpha value is -3.16. The van der Waals surface area contributed by atoms with Gasteiger partial charge in [-0.3, -0.25) is 9.59 Å². The monoisotopic (exact) mass is 412 g/mol. The minimum absolute atomic E-state index is 0.147. The Labute approximate surface area is 173 Å². The minimum Gasteiger partial charge on any atom is -0.387 e. The summed E-state index contributed by atoms with van der Waals surface area (Å²) in [5.74, 6) is -1.35. The molecule has 0 saturated carbocycles. The molecule has 7 nitrogen and oxygen atoms in total. The summed E-state index contributed by atoms with van der Waals surface area (Å²) in [5, 5.41) is 19.9. The third-order valence-electron chi connectivity index (χ3n) is 4.28. The van der Waals surface area contributed by atoms with E-state index in [-0.39, 0.29) is 6.54 Å². The van der Waals surface area contributed by atoms with Crippen molar-refractivity contribution in [2.45, 2.75) is 20.0 Å². The van der Waals surface area contributed by atoms with Gasteiger partial charge in [-0.15, -0.1) is 0 Å². The highest BCUT2D eigenvalue weighted by atomic mass is 35.5. The van der Waals surface area contributed by atoms with Crippen molar-refractivity contribution in [1.82, 2.24) is 15.1 Å². The summed E-state index contributed by atoms with van der Waals surface area (Å²) in [5.41, 5.74) is 3.02. The van der Waals surface area contributed by atoms with Crippen LogP contribution in [0.2, 0.25) is 5.02 Å². The summed E-state index contributed by atoms with van der Waals surface area (Å²) in [4.78, 5) is 24.5. The molecule has 0 bridgehead atoms. The van der Waals surface area contributed by atoms with Gasteiger partial charge in [0.2, 0.25) is 0 Å². The fourth-order valence-electron chi connectivity index (χ4n) is 2.77. The van der Waals surface area contributed by atoms with Gasteiger partial charge < -0.3 is 15.7 Å². The molecule has 0 fully saturated rings. The van der Waals surface area contributed by atoms with Gasteiger partial charge in [-0.2, -0.15) is 5.10 Å². The van der Waals surface area contributed by atoms with Crippen LogP contribution in [0.1, 0.15) is 22.9 Å². The third-order valence-corrected chi connectivity index (χ3v) is 4.62. The molecule has 1 atom stereocenters. The molecule has 3 aromatic rings. The Morgan fingerprint density at radius 1 is 1.10 bits per heavy atom. The third kappa shape index (κ3) is 5.01. The van der Waals surface area contributed by atoms with E-state index in [1.807, 2.05) is 31.2 Å². The number of aliphatic hydroxyl groups is 1. The average molecular weight is 413 g/mol. The van der Waals surface area contributed by atoms with Gasteiger partial charge in [-0.25, -0.2) is 4.68 Å². The number of carbonyl (C=O) groups excluding carboxylic acids is 2. The molecule has 1 aromatic heterocycles. The average Bonchev–Trinajstić information content (AvgIpc) is 3.06. The fraction of sp³-hybridized carbons (Fsp3) is 0.190. The van der Waals surface area contributed by atoms with Crippen LogP contribution in [0.25, 0.3) is 5.69 Å². The second-order valence-corrected chi connectivity index (χ2v) is 7.03. The number of amides is 2. The number of aromatic nitrogens is 2. The van der Waals surface area contributed by atoms with E-state index >= 15 is 0 Å². The van der Waals surface area contributed by atoms with Gasteiger partial charge in [0.15, 0.2) is 0 Å². The summed E-state index contributed by atoms with van der Waals surface area (Å²) >= 11 is 6.03. The molecule has 0 aliphatic rings. The second kappa shape index (κ2) is 8.89. The summed E-state index contributed by atoms with van der Waals surface area (Å²) in [6, 6.07) is 16.0. The molecule has 1 unspecified atom stereocenters. The van der Waals surface area contributed by atoms with E-state index in [4.69, 9.17) is 11.6 Å². The molecule has 2 aromatic carbocycles. The van der Waals surface area contributed by atoms with Crippen LogP contribution < -0.4 is 10.6 Å². The lowest BCUT2D eigenvalue weighted by molar-refractivity contribution is -0.136. The molecule has 0 radical (unpaired) electrons. The normalized spacial score (nSPS) is 11.7. The minimum atomic E-state index is -1.03. The van der Waals surface area contributed by atoms with E-state index in [9.17, 15) is 14.7 Å². The predicted molar refractivity (Wildman–Crippen MR) is 111 cm³/mol. The lowest BCUT2D eigenvalue weighted by Gasteiger charge is -2.14. The number of benzene rings is 2. The number of hydrogen-bond acceptors (Lipinski definition) is 4. The molecular formula is C21H21ClN4O3. The van der Waals surface area contributed by atoms with Crippen molar-refractivity contribution in [3.05, 3.63) is 76.4 Å². The maximum atomic E-state index is 12.3. The predicted octanol–water partition coefficient (Wildman–Crippen LogP) is 2.93. The number of aryl methyl sites for hydroxylation is 2. The van der Waals surface area contributed by atoms with E-state index in [2.05, 4.69) is 15.7 Å². The van der Waals surface area contributed by atoms with Gasteiger partial charge in [-0.1, -0.05) is 47.5 Å². The van der Waals surface area contributed by atoms with Crippen molar-refractivity contribution >= 4 is 29.2 Å². The van der Waals surface area contributed by atoms with Crippen molar-refractivity contribution in [3.8, 4) is 5.69 Å². The fourth-order valence-corrected chi connectivity index (χ4v) is 3.03. The number of nitrogens with one attached hydrogen (secondary N) is 2. The molecule has 3 rings (SSSR count). The van der Waals surface area contributed by atoms with Gasteiger partial charge in [0.25, 0.3) is 0 Å². The highest BCUT2D eigenvalue weighted by molar-refractivity contribution is 6.39. The highest BCUT2D eigenvalue weighted by Gasteiger charge is 2.19. The van der Waals surface area contributed by atoms with Gasteiger partial charge in [0.1, 0.15) is 5.82 Å². The van der Waals surface area contributed by atoms with Gasteiger partial charge in [-0.05, 0) is 32.0 Å². The van der Waals surface area contributed by atoms with E-state index in [1.165, 1.54) is 0 Å². The largest absolute Gasteiger partial charge is 0.387 e. The topological polar surface area (TPSA) is 96.2 Å². The van der Waals surface area contributed by atoms with Gasteiger partial charge in [0, 0.05) is 23.2 Å². The number of nitrogens with zero attached hydrogens (tertiary/aromatic N) is 2. The summed E-state index contributed by atoms with van der Waals surface area (Å²) in [6.45, 7) is 3.62. The molecule has 0 aliphatic heterocycles. The number of halogens is 1. The molecule has 1 heterocycles. The van der Waals surface area contributed by atoms with E-state index in [0.717, 1.165) is 11.3 Å². The Morgan fingerprint density at radius 3 is 2.48 bits per heavy atom. The molecule has 29 heavy (non-hydrogen) atoms. The van der Waals surface area contributed by atoms with Crippen LogP contribution in [0.15, 0.2) is 54.6 Å². The molecular weight excluding hydrogens is 392 g/mol. The summed E-state index contributed by atoms with van der Waals surface area (Å²) in [6.07, 6.45) is -1.03. The summed E-state index contributed by atoms with van der Waals surface area (Å²) < 4.78 is 1.55. The number of hydrogen-bond donors (Lipinski definition) is 3. The summed E-state index contributed by atoms with van der Waals surface area (Å²) in [7, 11) is 0. The van der Waals surface area contributed by atoms with Gasteiger partial charge in [0.05, 0.1) is 17.5 Å². The van der Waals surface area contributed by atoms with E-state index in [0.29, 0.717) is 22.1 Å². The van der Waals surface area contributed by atoms with Crippen molar-refractivity contribution in [2.24, 2.45) is 0 Å². The number of anilines is 1. The first kappa shape index (κ1) is 20.6. The van der Waals surface area contributed by atoms with Crippen molar-refractivity contribution < 1.29 is 14.7 Å². The van der Waals surface area contributed by atoms with Crippen LogP contribution in [0.3, 0.4) is 0 Å². The lowest BCUT2D eigenvalue weighted by Crippen LogP contribution is -2.38. The molecule has 0 aliphatic carbocycles. The second-order valence-electron chi connectivity index (χ2n) is 6.62. The zero-order chi connectivity index (χ0) is 21.0. The first-order chi connectivity index (χ1) is 13.8. The van der Waals surface area contributed by atoms with Gasteiger partial charge >= 0.3 is 11.8 Å². The van der Waals surface area contributed by atoms with E-state index in [1.54, 1.807) is 41.9 Å². The maximum Gasteiger partial charge on any atom is 0.314 e. The lowest BCUT2D eigenvalue weighted by atomic mass is 10.1. The SMILES string of the molecule is Cc1ccc(-n2nc(C)cc2NC(=O)C(=O)NCC(O)c2ccccc2Cl)cc1.